The molecule has 3 aromatic rings. The van der Waals surface area contributed by atoms with Crippen molar-refractivity contribution in [2.24, 2.45) is 0 Å². The standard InChI is InChI=1S/C23H21NO5S/c1-12-7-9-13(10-8-12)18-19-21(30-22(18)23(26)27)15(11-17(25)24-19)14-5-4-6-16(28-2)20(14)29-3/h4-10,15H,11H2,1-3H3,(H,24,25)(H,26,27)/t15-/m0/s1. The van der Waals surface area contributed by atoms with E-state index in [1.54, 1.807) is 20.3 Å². The van der Waals surface area contributed by atoms with Gasteiger partial charge < -0.3 is 19.9 Å². The van der Waals surface area contributed by atoms with Crippen LogP contribution in [-0.4, -0.2) is 31.2 Å². The number of hydrogen-bond acceptors (Lipinski definition) is 5. The number of carboxylic acid groups (broad SMARTS) is 1. The molecular formula is C23H21NO5S. The molecule has 0 bridgehead atoms. The summed E-state index contributed by atoms with van der Waals surface area (Å²) in [5, 5.41) is 12.8. The van der Waals surface area contributed by atoms with Crippen LogP contribution in [0.2, 0.25) is 0 Å². The number of carboxylic acids is 1. The topological polar surface area (TPSA) is 84.9 Å². The largest absolute Gasteiger partial charge is 0.493 e. The van der Waals surface area contributed by atoms with Gasteiger partial charge in [0.2, 0.25) is 5.91 Å². The minimum absolute atomic E-state index is 0.166. The summed E-state index contributed by atoms with van der Waals surface area (Å²) < 4.78 is 11.0. The Morgan fingerprint density at radius 3 is 2.50 bits per heavy atom. The summed E-state index contributed by atoms with van der Waals surface area (Å²) in [6, 6.07) is 13.1. The molecule has 0 fully saturated rings. The van der Waals surface area contributed by atoms with Crippen molar-refractivity contribution in [3.8, 4) is 22.6 Å². The van der Waals surface area contributed by atoms with E-state index in [1.807, 2.05) is 43.3 Å². The Morgan fingerprint density at radius 1 is 1.13 bits per heavy atom. The number of anilines is 1. The number of para-hydroxylation sites is 1. The third kappa shape index (κ3) is 3.31. The number of fused-ring (bicyclic) bond motifs is 1. The predicted octanol–water partition coefficient (Wildman–Crippen LogP) is 4.91. The van der Waals surface area contributed by atoms with Crippen LogP contribution in [0.5, 0.6) is 11.5 Å². The van der Waals surface area contributed by atoms with Crippen LogP contribution in [0.1, 0.15) is 38.0 Å². The average Bonchev–Trinajstić information content (AvgIpc) is 3.12. The van der Waals surface area contributed by atoms with E-state index in [0.29, 0.717) is 22.7 Å². The maximum atomic E-state index is 12.7. The van der Waals surface area contributed by atoms with Crippen molar-refractivity contribution in [1.29, 1.82) is 0 Å². The van der Waals surface area contributed by atoms with Crippen molar-refractivity contribution in [2.75, 3.05) is 19.5 Å². The second-order valence-corrected chi connectivity index (χ2v) is 8.16. The van der Waals surface area contributed by atoms with E-state index in [0.717, 1.165) is 21.6 Å². The van der Waals surface area contributed by atoms with Crippen LogP contribution in [-0.2, 0) is 4.79 Å². The maximum Gasteiger partial charge on any atom is 0.346 e. The van der Waals surface area contributed by atoms with Gasteiger partial charge in [0, 0.05) is 28.3 Å². The lowest BCUT2D eigenvalue weighted by molar-refractivity contribution is -0.116. The molecule has 7 heteroatoms. The number of carbonyl (C=O) groups is 2. The molecule has 0 spiro atoms. The van der Waals surface area contributed by atoms with Crippen LogP contribution in [0, 0.1) is 6.92 Å². The van der Waals surface area contributed by atoms with Crippen molar-refractivity contribution in [3.63, 3.8) is 0 Å². The van der Waals surface area contributed by atoms with Crippen LogP contribution in [0.15, 0.2) is 42.5 Å². The van der Waals surface area contributed by atoms with Crippen molar-refractivity contribution in [2.45, 2.75) is 19.3 Å². The van der Waals surface area contributed by atoms with Crippen LogP contribution in [0.4, 0.5) is 5.69 Å². The fourth-order valence-electron chi connectivity index (χ4n) is 3.87. The fraction of sp³-hybridized carbons (Fsp3) is 0.217. The zero-order chi connectivity index (χ0) is 21.4. The molecule has 0 saturated carbocycles. The number of nitrogens with one attached hydrogen (secondary N) is 1. The van der Waals surface area contributed by atoms with Crippen LogP contribution in [0.3, 0.4) is 0 Å². The number of aromatic carboxylic acids is 1. The molecule has 1 aliphatic rings. The molecule has 4 rings (SSSR count). The molecule has 1 aliphatic heterocycles. The van der Waals surface area contributed by atoms with E-state index in [-0.39, 0.29) is 23.1 Å². The first-order valence-corrected chi connectivity index (χ1v) is 10.2. The summed E-state index contributed by atoms with van der Waals surface area (Å²) >= 11 is 1.20. The summed E-state index contributed by atoms with van der Waals surface area (Å²) in [5.74, 6) is -0.402. The van der Waals surface area contributed by atoms with Crippen LogP contribution >= 0.6 is 11.3 Å². The predicted molar refractivity (Wildman–Crippen MR) is 116 cm³/mol. The number of hydrogen-bond donors (Lipinski definition) is 2. The normalized spacial score (nSPS) is 15.3. The Labute approximate surface area is 178 Å². The first kappa shape index (κ1) is 20.0. The first-order chi connectivity index (χ1) is 14.4. The summed E-state index contributed by atoms with van der Waals surface area (Å²) in [4.78, 5) is 25.7. The summed E-state index contributed by atoms with van der Waals surface area (Å²) in [6.45, 7) is 1.97. The molecule has 2 heterocycles. The van der Waals surface area contributed by atoms with E-state index >= 15 is 0 Å². The van der Waals surface area contributed by atoms with Gasteiger partial charge in [-0.3, -0.25) is 4.79 Å². The molecule has 1 aromatic heterocycles. The Hall–Kier alpha value is -3.32. The van der Waals surface area contributed by atoms with Gasteiger partial charge >= 0.3 is 5.97 Å². The van der Waals surface area contributed by atoms with Crippen molar-refractivity contribution in [3.05, 3.63) is 63.3 Å². The lowest BCUT2D eigenvalue weighted by Gasteiger charge is -2.25. The number of rotatable bonds is 5. The maximum absolute atomic E-state index is 12.7. The summed E-state index contributed by atoms with van der Waals surface area (Å²) in [5.41, 5.74) is 3.73. The number of aryl methyl sites for hydroxylation is 1. The lowest BCUT2D eigenvalue weighted by Crippen LogP contribution is -2.22. The third-order valence-electron chi connectivity index (χ3n) is 5.25. The highest BCUT2D eigenvalue weighted by Gasteiger charge is 2.36. The molecule has 30 heavy (non-hydrogen) atoms. The zero-order valence-electron chi connectivity index (χ0n) is 16.8. The lowest BCUT2D eigenvalue weighted by atomic mass is 9.88. The molecule has 2 aromatic carbocycles. The zero-order valence-corrected chi connectivity index (χ0v) is 17.6. The monoisotopic (exact) mass is 423 g/mol. The quantitative estimate of drug-likeness (QED) is 0.609. The number of thiophene rings is 1. The number of ether oxygens (including phenoxy) is 2. The van der Waals surface area contributed by atoms with E-state index in [1.165, 1.54) is 11.3 Å². The highest BCUT2D eigenvalue weighted by Crippen LogP contribution is 2.51. The Balaban J connectivity index is 1.95. The molecule has 0 saturated heterocycles. The molecule has 0 aliphatic carbocycles. The highest BCUT2D eigenvalue weighted by molar-refractivity contribution is 7.15. The van der Waals surface area contributed by atoms with E-state index < -0.39 is 5.97 Å². The molecule has 2 N–H and O–H groups in total. The Morgan fingerprint density at radius 2 is 1.87 bits per heavy atom. The van der Waals surface area contributed by atoms with Gasteiger partial charge in [0.15, 0.2) is 11.5 Å². The SMILES string of the molecule is COc1cccc([C@@H]2CC(=O)Nc3c2sc(C(=O)O)c3-c2ccc(C)cc2)c1OC. The third-order valence-corrected chi connectivity index (χ3v) is 6.54. The number of carbonyl (C=O) groups excluding carboxylic acids is 1. The second kappa shape index (κ2) is 7.84. The van der Waals surface area contributed by atoms with Gasteiger partial charge in [-0.2, -0.15) is 0 Å². The molecule has 1 atom stereocenters. The molecule has 6 nitrogen and oxygen atoms in total. The van der Waals surface area contributed by atoms with Gasteiger partial charge in [0.05, 0.1) is 19.9 Å². The van der Waals surface area contributed by atoms with Crippen molar-refractivity contribution in [1.82, 2.24) is 0 Å². The van der Waals surface area contributed by atoms with Gasteiger partial charge in [-0.15, -0.1) is 11.3 Å². The van der Waals surface area contributed by atoms with Gasteiger partial charge in [0.25, 0.3) is 0 Å². The summed E-state index contributed by atoms with van der Waals surface area (Å²) in [7, 11) is 3.11. The van der Waals surface area contributed by atoms with Crippen molar-refractivity contribution < 1.29 is 24.2 Å². The van der Waals surface area contributed by atoms with Crippen molar-refractivity contribution >= 4 is 28.9 Å². The highest BCUT2D eigenvalue weighted by atomic mass is 32.1. The average molecular weight is 423 g/mol. The van der Waals surface area contributed by atoms with Gasteiger partial charge in [0.1, 0.15) is 4.88 Å². The molecule has 1 amide bonds. The number of benzene rings is 2. The van der Waals surface area contributed by atoms with E-state index in [9.17, 15) is 14.7 Å². The Kier molecular flexibility index (Phi) is 5.22. The van der Waals surface area contributed by atoms with Gasteiger partial charge in [-0.25, -0.2) is 4.79 Å². The van der Waals surface area contributed by atoms with Crippen LogP contribution in [0.25, 0.3) is 11.1 Å². The Bertz CT molecular complexity index is 1130. The van der Waals surface area contributed by atoms with Gasteiger partial charge in [-0.05, 0) is 18.6 Å². The summed E-state index contributed by atoms with van der Waals surface area (Å²) in [6.07, 6.45) is 0.198. The first-order valence-electron chi connectivity index (χ1n) is 9.42. The fourth-order valence-corrected chi connectivity index (χ4v) is 5.11. The van der Waals surface area contributed by atoms with Gasteiger partial charge in [-0.1, -0.05) is 42.0 Å². The minimum atomic E-state index is -1.02. The smallest absolute Gasteiger partial charge is 0.346 e. The molecule has 0 unspecified atom stereocenters. The molecule has 154 valence electrons. The molecule has 0 radical (unpaired) electrons. The van der Waals surface area contributed by atoms with E-state index in [4.69, 9.17) is 9.47 Å². The van der Waals surface area contributed by atoms with E-state index in [2.05, 4.69) is 5.32 Å². The minimum Gasteiger partial charge on any atom is -0.493 e. The van der Waals surface area contributed by atoms with Crippen LogP contribution < -0.4 is 14.8 Å². The number of methoxy groups -OCH3 is 2. The second-order valence-electron chi connectivity index (χ2n) is 7.10. The molecular weight excluding hydrogens is 402 g/mol. The number of amides is 1.